The summed E-state index contributed by atoms with van der Waals surface area (Å²) in [6.45, 7) is 2.25. The molecule has 0 saturated heterocycles. The molecule has 0 spiro atoms. The zero-order valence-corrected chi connectivity index (χ0v) is 20.2. The minimum absolute atomic E-state index is 0.0226. The standard InChI is InChI=1S/C28H34N2O5/c1-2-7-20(16-26(31)32)29-27(33)18-12-14-19(15-13-18)30-28(34)35-17-25-23-10-5-3-8-21(23)22-9-4-6-11-24(22)25/h3-6,8-11,18-20,25H,2,7,12-17H2,1H3,(H,29,33)(H,30,34)(H,31,32)/t18?,19?,20-/m1/s1. The van der Waals surface area contributed by atoms with Gasteiger partial charge in [-0.25, -0.2) is 4.79 Å². The number of rotatable bonds is 9. The quantitative estimate of drug-likeness (QED) is 0.478. The number of ether oxygens (including phenoxy) is 1. The molecule has 1 saturated carbocycles. The Labute approximate surface area is 206 Å². The highest BCUT2D eigenvalue weighted by Gasteiger charge is 2.31. The fraction of sp³-hybridized carbons (Fsp3) is 0.464. The van der Waals surface area contributed by atoms with Crippen LogP contribution in [-0.2, 0) is 14.3 Å². The molecule has 3 N–H and O–H groups in total. The molecule has 7 nitrogen and oxygen atoms in total. The van der Waals surface area contributed by atoms with Gasteiger partial charge in [0.2, 0.25) is 5.91 Å². The molecule has 4 rings (SSSR count). The number of hydrogen-bond donors (Lipinski definition) is 3. The first-order valence-electron chi connectivity index (χ1n) is 12.6. The highest BCUT2D eigenvalue weighted by Crippen LogP contribution is 2.44. The van der Waals surface area contributed by atoms with E-state index in [-0.39, 0.29) is 42.9 Å². The van der Waals surface area contributed by atoms with Gasteiger partial charge in [-0.05, 0) is 54.4 Å². The van der Waals surface area contributed by atoms with Gasteiger partial charge in [-0.1, -0.05) is 61.9 Å². The minimum atomic E-state index is -0.903. The van der Waals surface area contributed by atoms with Crippen LogP contribution in [0.4, 0.5) is 4.79 Å². The molecule has 0 aliphatic heterocycles. The number of benzene rings is 2. The molecule has 2 aliphatic carbocycles. The number of carboxylic acid groups (broad SMARTS) is 1. The van der Waals surface area contributed by atoms with Crippen molar-refractivity contribution in [1.82, 2.24) is 10.6 Å². The third kappa shape index (κ3) is 6.02. The molecule has 35 heavy (non-hydrogen) atoms. The van der Waals surface area contributed by atoms with E-state index in [4.69, 9.17) is 9.84 Å². The molecule has 1 atom stereocenters. The van der Waals surface area contributed by atoms with Crippen molar-refractivity contribution in [1.29, 1.82) is 0 Å². The molecule has 0 radical (unpaired) electrons. The monoisotopic (exact) mass is 478 g/mol. The van der Waals surface area contributed by atoms with Gasteiger partial charge in [0, 0.05) is 23.9 Å². The van der Waals surface area contributed by atoms with Gasteiger partial charge < -0.3 is 20.5 Å². The molecule has 186 valence electrons. The molecule has 0 aromatic heterocycles. The fourth-order valence-corrected chi connectivity index (χ4v) is 5.41. The Kier molecular flexibility index (Phi) is 8.06. The van der Waals surface area contributed by atoms with Crippen LogP contribution in [0.15, 0.2) is 48.5 Å². The van der Waals surface area contributed by atoms with E-state index in [1.54, 1.807) is 0 Å². The van der Waals surface area contributed by atoms with Crippen LogP contribution in [0.25, 0.3) is 11.1 Å². The zero-order chi connectivity index (χ0) is 24.8. The lowest BCUT2D eigenvalue weighted by molar-refractivity contribution is -0.138. The van der Waals surface area contributed by atoms with E-state index in [0.717, 1.165) is 6.42 Å². The van der Waals surface area contributed by atoms with Crippen LogP contribution in [0.5, 0.6) is 0 Å². The summed E-state index contributed by atoms with van der Waals surface area (Å²) in [5, 5.41) is 14.9. The summed E-state index contributed by atoms with van der Waals surface area (Å²) in [6, 6.07) is 16.1. The number of carbonyl (C=O) groups is 3. The Morgan fingerprint density at radius 3 is 2.14 bits per heavy atom. The van der Waals surface area contributed by atoms with E-state index in [2.05, 4.69) is 34.9 Å². The zero-order valence-electron chi connectivity index (χ0n) is 20.2. The Balaban J connectivity index is 1.24. The number of nitrogens with one attached hydrogen (secondary N) is 2. The predicted molar refractivity (Wildman–Crippen MR) is 133 cm³/mol. The number of aliphatic carboxylic acids is 1. The molecule has 0 bridgehead atoms. The van der Waals surface area contributed by atoms with E-state index in [0.29, 0.717) is 32.1 Å². The number of alkyl carbamates (subject to hydrolysis) is 1. The second-order valence-electron chi connectivity index (χ2n) is 9.61. The molecule has 2 aromatic carbocycles. The van der Waals surface area contributed by atoms with E-state index in [9.17, 15) is 14.4 Å². The topological polar surface area (TPSA) is 105 Å². The number of hydrogen-bond acceptors (Lipinski definition) is 4. The molecule has 7 heteroatoms. The second kappa shape index (κ2) is 11.4. The van der Waals surface area contributed by atoms with Crippen molar-refractivity contribution in [2.24, 2.45) is 5.92 Å². The van der Waals surface area contributed by atoms with Gasteiger partial charge in [-0.2, -0.15) is 0 Å². The normalized spacial score (nSPS) is 19.8. The number of amides is 2. The van der Waals surface area contributed by atoms with Crippen molar-refractivity contribution < 1.29 is 24.2 Å². The SMILES string of the molecule is CCC[C@H](CC(=O)O)NC(=O)C1CCC(NC(=O)OCC2c3ccccc3-c3ccccc32)CC1. The van der Waals surface area contributed by atoms with Crippen LogP contribution in [0.2, 0.25) is 0 Å². The Morgan fingerprint density at radius 1 is 0.971 bits per heavy atom. The summed E-state index contributed by atoms with van der Waals surface area (Å²) in [7, 11) is 0. The van der Waals surface area contributed by atoms with Crippen LogP contribution >= 0.6 is 0 Å². The number of carboxylic acids is 1. The summed E-state index contributed by atoms with van der Waals surface area (Å²) in [5.74, 6) is -1.11. The highest BCUT2D eigenvalue weighted by molar-refractivity contribution is 5.80. The first kappa shape index (κ1) is 24.8. The molecule has 0 unspecified atom stereocenters. The van der Waals surface area contributed by atoms with Crippen molar-refractivity contribution in [2.75, 3.05) is 6.61 Å². The molecule has 1 fully saturated rings. The number of fused-ring (bicyclic) bond motifs is 3. The molecule has 0 heterocycles. The lowest BCUT2D eigenvalue weighted by Crippen LogP contribution is -2.44. The van der Waals surface area contributed by atoms with E-state index in [1.807, 2.05) is 31.2 Å². The maximum absolute atomic E-state index is 12.6. The summed E-state index contributed by atoms with van der Waals surface area (Å²) in [5.41, 5.74) is 4.74. The van der Waals surface area contributed by atoms with Gasteiger partial charge in [-0.15, -0.1) is 0 Å². The maximum Gasteiger partial charge on any atom is 0.407 e. The van der Waals surface area contributed by atoms with Gasteiger partial charge in [0.15, 0.2) is 0 Å². The summed E-state index contributed by atoms with van der Waals surface area (Å²) in [6.07, 6.45) is 3.69. The van der Waals surface area contributed by atoms with Gasteiger partial charge in [-0.3, -0.25) is 9.59 Å². The van der Waals surface area contributed by atoms with E-state index < -0.39 is 12.1 Å². The second-order valence-corrected chi connectivity index (χ2v) is 9.61. The Morgan fingerprint density at radius 2 is 1.57 bits per heavy atom. The first-order valence-corrected chi connectivity index (χ1v) is 12.6. The van der Waals surface area contributed by atoms with Crippen molar-refractivity contribution in [2.45, 2.75) is 69.9 Å². The van der Waals surface area contributed by atoms with Crippen molar-refractivity contribution in [3.8, 4) is 11.1 Å². The smallest absolute Gasteiger partial charge is 0.407 e. The predicted octanol–water partition coefficient (Wildman–Crippen LogP) is 4.84. The highest BCUT2D eigenvalue weighted by atomic mass is 16.5. The molecular weight excluding hydrogens is 444 g/mol. The van der Waals surface area contributed by atoms with Crippen LogP contribution in [-0.4, -0.2) is 41.8 Å². The fourth-order valence-electron chi connectivity index (χ4n) is 5.41. The summed E-state index contributed by atoms with van der Waals surface area (Å²) < 4.78 is 5.65. The van der Waals surface area contributed by atoms with Crippen molar-refractivity contribution >= 4 is 18.0 Å². The molecular formula is C28H34N2O5. The third-order valence-corrected chi connectivity index (χ3v) is 7.17. The van der Waals surface area contributed by atoms with Crippen LogP contribution in [0.3, 0.4) is 0 Å². The summed E-state index contributed by atoms with van der Waals surface area (Å²) >= 11 is 0. The van der Waals surface area contributed by atoms with Gasteiger partial charge in [0.05, 0.1) is 6.42 Å². The lowest BCUT2D eigenvalue weighted by atomic mass is 9.85. The Hall–Kier alpha value is -3.35. The first-order chi connectivity index (χ1) is 17.0. The average molecular weight is 479 g/mol. The van der Waals surface area contributed by atoms with E-state index >= 15 is 0 Å². The van der Waals surface area contributed by atoms with Crippen LogP contribution < -0.4 is 10.6 Å². The van der Waals surface area contributed by atoms with Crippen molar-refractivity contribution in [3.63, 3.8) is 0 Å². The molecule has 2 amide bonds. The van der Waals surface area contributed by atoms with Crippen LogP contribution in [0.1, 0.15) is 68.9 Å². The minimum Gasteiger partial charge on any atom is -0.481 e. The maximum atomic E-state index is 12.6. The third-order valence-electron chi connectivity index (χ3n) is 7.17. The largest absolute Gasteiger partial charge is 0.481 e. The average Bonchev–Trinajstić information content (AvgIpc) is 3.16. The van der Waals surface area contributed by atoms with Gasteiger partial charge >= 0.3 is 12.1 Å². The van der Waals surface area contributed by atoms with E-state index in [1.165, 1.54) is 22.3 Å². The molecule has 2 aliphatic rings. The van der Waals surface area contributed by atoms with Gasteiger partial charge in [0.1, 0.15) is 6.61 Å². The van der Waals surface area contributed by atoms with Gasteiger partial charge in [0.25, 0.3) is 0 Å². The van der Waals surface area contributed by atoms with Crippen molar-refractivity contribution in [3.05, 3.63) is 59.7 Å². The Bertz CT molecular complexity index is 1020. The number of carbonyl (C=O) groups excluding carboxylic acids is 2. The van der Waals surface area contributed by atoms with Crippen LogP contribution in [0, 0.1) is 5.92 Å². The summed E-state index contributed by atoms with van der Waals surface area (Å²) in [4.78, 5) is 36.2. The molecule has 2 aromatic rings. The lowest BCUT2D eigenvalue weighted by Gasteiger charge is -2.29.